The van der Waals surface area contributed by atoms with Crippen LogP contribution in [0.2, 0.25) is 0 Å². The van der Waals surface area contributed by atoms with Crippen molar-refractivity contribution >= 4 is 11.9 Å². The van der Waals surface area contributed by atoms with Gasteiger partial charge in [-0.25, -0.2) is 9.78 Å². The van der Waals surface area contributed by atoms with E-state index in [1.54, 1.807) is 30.3 Å². The van der Waals surface area contributed by atoms with Crippen LogP contribution < -0.4 is 0 Å². The highest BCUT2D eigenvalue weighted by atomic mass is 16.6. The molecule has 2 aromatic rings. The number of nitrogens with zero attached hydrogens (tertiary/aromatic N) is 2. The highest BCUT2D eigenvalue weighted by molar-refractivity contribution is 5.89. The smallest absolute Gasteiger partial charge is 0.432 e. The molecule has 2 rings (SSSR count). The summed E-state index contributed by atoms with van der Waals surface area (Å²) in [6.07, 6.45) is 0.521. The van der Waals surface area contributed by atoms with Gasteiger partial charge in [-0.1, -0.05) is 23.2 Å². The Morgan fingerprint density at radius 2 is 2.13 bits per heavy atom. The van der Waals surface area contributed by atoms with Crippen LogP contribution in [0.1, 0.15) is 16.1 Å². The summed E-state index contributed by atoms with van der Waals surface area (Å²) in [5.74, 6) is -0.913. The van der Waals surface area contributed by atoms with Crippen molar-refractivity contribution < 1.29 is 24.3 Å². The second kappa shape index (κ2) is 8.01. The number of imidazole rings is 1. The van der Waals surface area contributed by atoms with Gasteiger partial charge in [0.2, 0.25) is 0 Å². The Bertz CT molecular complexity index is 658. The molecule has 0 aliphatic heterocycles. The first kappa shape index (κ1) is 16.6. The number of rotatable bonds is 8. The predicted molar refractivity (Wildman–Crippen MR) is 77.6 cm³/mol. The van der Waals surface area contributed by atoms with Crippen LogP contribution in [-0.4, -0.2) is 45.3 Å². The van der Waals surface area contributed by atoms with Crippen LogP contribution in [0.5, 0.6) is 0 Å². The van der Waals surface area contributed by atoms with E-state index < -0.39 is 17.0 Å². The van der Waals surface area contributed by atoms with E-state index in [-0.39, 0.29) is 25.8 Å². The number of aromatic nitrogens is 2. The third-order valence-electron chi connectivity index (χ3n) is 2.88. The Hall–Kier alpha value is -2.78. The largest absolute Gasteiger partial charge is 0.459 e. The number of esters is 1. The van der Waals surface area contributed by atoms with Gasteiger partial charge in [0.05, 0.1) is 12.2 Å². The number of ether oxygens (including phenoxy) is 2. The minimum atomic E-state index is -0.745. The molecule has 9 heteroatoms. The van der Waals surface area contributed by atoms with Crippen LogP contribution in [0.4, 0.5) is 5.95 Å². The summed E-state index contributed by atoms with van der Waals surface area (Å²) in [7, 11) is 0. The molecule has 0 radical (unpaired) electrons. The summed E-state index contributed by atoms with van der Waals surface area (Å²) in [5, 5.41) is 19.7. The number of carbonyl (C=O) groups excluding carboxylic acids is 1. The number of aromatic amines is 1. The van der Waals surface area contributed by atoms with Crippen LogP contribution in [0.3, 0.4) is 0 Å². The highest BCUT2D eigenvalue weighted by Crippen LogP contribution is 2.08. The molecule has 23 heavy (non-hydrogen) atoms. The van der Waals surface area contributed by atoms with E-state index >= 15 is 0 Å². The first-order valence-electron chi connectivity index (χ1n) is 6.73. The molecule has 9 nitrogen and oxygen atoms in total. The van der Waals surface area contributed by atoms with Crippen molar-refractivity contribution in [3.05, 3.63) is 57.9 Å². The lowest BCUT2D eigenvalue weighted by molar-refractivity contribution is -0.393. The lowest BCUT2D eigenvalue weighted by Crippen LogP contribution is -2.25. The Kier molecular flexibility index (Phi) is 5.78. The van der Waals surface area contributed by atoms with Gasteiger partial charge in [0.25, 0.3) is 0 Å². The van der Waals surface area contributed by atoms with Gasteiger partial charge in [0, 0.05) is 0 Å². The quantitative estimate of drug-likeness (QED) is 0.422. The first-order valence-corrected chi connectivity index (χ1v) is 6.73. The fourth-order valence-corrected chi connectivity index (χ4v) is 1.70. The Morgan fingerprint density at radius 3 is 2.74 bits per heavy atom. The van der Waals surface area contributed by atoms with E-state index in [1.807, 2.05) is 0 Å². The zero-order valence-electron chi connectivity index (χ0n) is 12.0. The summed E-state index contributed by atoms with van der Waals surface area (Å²) in [6, 6.07) is 8.42. The highest BCUT2D eigenvalue weighted by Gasteiger charge is 2.16. The van der Waals surface area contributed by atoms with Crippen molar-refractivity contribution in [1.29, 1.82) is 0 Å². The van der Waals surface area contributed by atoms with E-state index in [0.717, 1.165) is 0 Å². The predicted octanol–water partition coefficient (Wildman–Crippen LogP) is 1.05. The number of aliphatic hydroxyl groups is 1. The third-order valence-corrected chi connectivity index (χ3v) is 2.88. The fraction of sp³-hybridized carbons (Fsp3) is 0.286. The summed E-state index contributed by atoms with van der Waals surface area (Å²) < 4.78 is 10.4. The molecule has 0 fully saturated rings. The number of aliphatic hydroxyl groups excluding tert-OH is 1. The second-order valence-electron chi connectivity index (χ2n) is 4.57. The van der Waals surface area contributed by atoms with Gasteiger partial charge in [-0.15, -0.1) is 0 Å². The average Bonchev–Trinajstić information content (AvgIpc) is 3.05. The van der Waals surface area contributed by atoms with Gasteiger partial charge in [0.15, 0.2) is 0 Å². The van der Waals surface area contributed by atoms with E-state index in [4.69, 9.17) is 9.47 Å². The number of hydrogen-bond donors (Lipinski definition) is 2. The zero-order valence-corrected chi connectivity index (χ0v) is 12.0. The molecule has 122 valence electrons. The maximum Gasteiger partial charge on any atom is 0.432 e. The van der Waals surface area contributed by atoms with Crippen LogP contribution in [0, 0.1) is 10.1 Å². The number of nitrogens with one attached hydrogen (secondary N) is 1. The maximum atomic E-state index is 11.8. The standard InChI is InChI=1S/C14H15N3O6/c18-7-12(9-23-13(19)10-4-2-1-3-5-10)22-8-11-6-15-14(16-11)17(20)21/h1-6,12,18H,7-9H2,(H,15,16). The van der Waals surface area contributed by atoms with Crippen LogP contribution in [0.15, 0.2) is 36.5 Å². The molecular weight excluding hydrogens is 306 g/mol. The van der Waals surface area contributed by atoms with Gasteiger partial charge >= 0.3 is 11.9 Å². The summed E-state index contributed by atoms with van der Waals surface area (Å²) in [5.41, 5.74) is 0.776. The van der Waals surface area contributed by atoms with E-state index in [9.17, 15) is 20.0 Å². The minimum absolute atomic E-state index is 0.0328. The van der Waals surface area contributed by atoms with Crippen molar-refractivity contribution in [2.45, 2.75) is 12.7 Å². The number of benzene rings is 1. The van der Waals surface area contributed by atoms with E-state index in [2.05, 4.69) is 9.97 Å². The number of H-pyrrole nitrogens is 1. The molecule has 0 bridgehead atoms. The summed E-state index contributed by atoms with van der Waals surface area (Å²) in [6.45, 7) is -0.534. The van der Waals surface area contributed by atoms with Crippen LogP contribution in [-0.2, 0) is 16.1 Å². The lowest BCUT2D eigenvalue weighted by Gasteiger charge is -2.14. The van der Waals surface area contributed by atoms with Crippen LogP contribution >= 0.6 is 0 Å². The molecule has 1 atom stereocenters. The molecule has 0 saturated carbocycles. The Morgan fingerprint density at radius 1 is 1.39 bits per heavy atom. The maximum absolute atomic E-state index is 11.8. The molecule has 0 spiro atoms. The van der Waals surface area contributed by atoms with Crippen molar-refractivity contribution in [3.8, 4) is 0 Å². The van der Waals surface area contributed by atoms with Gasteiger partial charge in [-0.2, -0.15) is 0 Å². The molecule has 1 unspecified atom stereocenters. The van der Waals surface area contributed by atoms with Crippen LogP contribution in [0.25, 0.3) is 0 Å². The lowest BCUT2D eigenvalue weighted by atomic mass is 10.2. The van der Waals surface area contributed by atoms with Gasteiger partial charge < -0.3 is 24.7 Å². The second-order valence-corrected chi connectivity index (χ2v) is 4.57. The van der Waals surface area contributed by atoms with Crippen molar-refractivity contribution in [2.24, 2.45) is 0 Å². The SMILES string of the molecule is O=C(OCC(CO)OCc1cnc([N+](=O)[O-])[nH]1)c1ccccc1. The average molecular weight is 321 g/mol. The minimum Gasteiger partial charge on any atom is -0.459 e. The van der Waals surface area contributed by atoms with Gasteiger partial charge in [-0.3, -0.25) is 0 Å². The third kappa shape index (κ3) is 4.87. The topological polar surface area (TPSA) is 128 Å². The van der Waals surface area contributed by atoms with E-state index in [1.165, 1.54) is 6.20 Å². The van der Waals surface area contributed by atoms with E-state index in [0.29, 0.717) is 11.3 Å². The number of nitro groups is 1. The molecule has 0 amide bonds. The number of carbonyl (C=O) groups is 1. The monoisotopic (exact) mass is 321 g/mol. The Balaban J connectivity index is 1.80. The zero-order chi connectivity index (χ0) is 16.7. The van der Waals surface area contributed by atoms with Crippen molar-refractivity contribution in [1.82, 2.24) is 9.97 Å². The normalized spacial score (nSPS) is 11.9. The summed E-state index contributed by atoms with van der Waals surface area (Å²) >= 11 is 0. The Labute approximate surface area is 131 Å². The number of hydrogen-bond acceptors (Lipinski definition) is 7. The molecule has 0 aliphatic carbocycles. The molecular formula is C14H15N3O6. The molecule has 1 heterocycles. The van der Waals surface area contributed by atoms with Crippen molar-refractivity contribution in [2.75, 3.05) is 13.2 Å². The van der Waals surface area contributed by atoms with Gasteiger partial charge in [-0.05, 0) is 17.1 Å². The van der Waals surface area contributed by atoms with Crippen molar-refractivity contribution in [3.63, 3.8) is 0 Å². The summed E-state index contributed by atoms with van der Waals surface area (Å²) in [4.78, 5) is 27.6. The molecule has 0 aliphatic rings. The molecule has 1 aromatic heterocycles. The first-order chi connectivity index (χ1) is 11.1. The van der Waals surface area contributed by atoms with Gasteiger partial charge in [0.1, 0.15) is 31.2 Å². The molecule has 1 aromatic carbocycles. The molecule has 0 saturated heterocycles. The molecule has 2 N–H and O–H groups in total. The fourth-order valence-electron chi connectivity index (χ4n) is 1.70.